The maximum Gasteiger partial charge on any atom is 0.364 e. The van der Waals surface area contributed by atoms with Crippen molar-refractivity contribution in [3.8, 4) is 0 Å². The summed E-state index contributed by atoms with van der Waals surface area (Å²) in [5.41, 5.74) is 0.835. The van der Waals surface area contributed by atoms with E-state index in [2.05, 4.69) is 15.0 Å². The highest BCUT2D eigenvalue weighted by atomic mass is 32.2. The molecule has 11 heteroatoms. The molecule has 0 unspecified atom stereocenters. The van der Waals surface area contributed by atoms with Crippen LogP contribution >= 0.6 is 0 Å². The van der Waals surface area contributed by atoms with Gasteiger partial charge < -0.3 is 10.0 Å². The van der Waals surface area contributed by atoms with Crippen molar-refractivity contribution in [3.05, 3.63) is 47.7 Å². The highest BCUT2D eigenvalue weighted by Crippen LogP contribution is 2.36. The van der Waals surface area contributed by atoms with Crippen LogP contribution < -0.4 is 9.21 Å². The molecule has 32 heavy (non-hydrogen) atoms. The van der Waals surface area contributed by atoms with Gasteiger partial charge in [-0.2, -0.15) is 8.42 Å². The average Bonchev–Trinajstić information content (AvgIpc) is 3.28. The molecule has 0 atom stereocenters. The fourth-order valence-corrected chi connectivity index (χ4v) is 5.04. The van der Waals surface area contributed by atoms with Gasteiger partial charge in [0.2, 0.25) is 0 Å². The van der Waals surface area contributed by atoms with E-state index in [1.165, 1.54) is 25.1 Å². The largest absolute Gasteiger partial charge is 0.478 e. The van der Waals surface area contributed by atoms with E-state index in [-0.39, 0.29) is 16.9 Å². The molecule has 172 valence electrons. The van der Waals surface area contributed by atoms with Crippen LogP contribution in [0.15, 0.2) is 36.5 Å². The van der Waals surface area contributed by atoms with Crippen LogP contribution in [0.4, 0.5) is 17.2 Å². The van der Waals surface area contributed by atoms with Gasteiger partial charge in [-0.25, -0.2) is 24.1 Å². The molecule has 0 saturated carbocycles. The lowest BCUT2D eigenvalue weighted by Gasteiger charge is -2.40. The van der Waals surface area contributed by atoms with Gasteiger partial charge in [-0.3, -0.25) is 4.55 Å². The number of aryl methyl sites for hydroxylation is 1. The molecule has 2 N–H and O–H groups in total. The molecule has 2 fully saturated rings. The van der Waals surface area contributed by atoms with Crippen molar-refractivity contribution in [3.63, 3.8) is 0 Å². The Hall–Kier alpha value is -2.73. The van der Waals surface area contributed by atoms with Crippen molar-refractivity contribution >= 4 is 33.5 Å². The number of piperazine rings is 1. The lowest BCUT2D eigenvalue weighted by Crippen LogP contribution is -2.53. The minimum absolute atomic E-state index is 0.00706. The fourth-order valence-electron chi connectivity index (χ4n) is 4.28. The molecule has 0 aliphatic carbocycles. The van der Waals surface area contributed by atoms with Gasteiger partial charge in [-0.05, 0) is 43.5 Å². The number of anilines is 3. The van der Waals surface area contributed by atoms with Crippen molar-refractivity contribution < 1.29 is 22.9 Å². The zero-order valence-electron chi connectivity index (χ0n) is 17.9. The number of benzene rings is 1. The first-order chi connectivity index (χ1) is 15.2. The molecule has 3 heterocycles. The zero-order valence-corrected chi connectivity index (χ0v) is 18.7. The smallest absolute Gasteiger partial charge is 0.364 e. The summed E-state index contributed by atoms with van der Waals surface area (Å²) < 4.78 is 35.8. The van der Waals surface area contributed by atoms with E-state index in [0.717, 1.165) is 36.0 Å². The summed E-state index contributed by atoms with van der Waals surface area (Å²) >= 11 is 0. The van der Waals surface area contributed by atoms with E-state index in [4.69, 9.17) is 0 Å². The molecule has 2 aliphatic heterocycles. The lowest BCUT2D eigenvalue weighted by atomic mass is 10.2. The number of pyridine rings is 1. The van der Waals surface area contributed by atoms with Crippen molar-refractivity contribution in [1.82, 2.24) is 15.0 Å². The minimum atomic E-state index is -4.76. The van der Waals surface area contributed by atoms with E-state index >= 15 is 0 Å². The highest BCUT2D eigenvalue weighted by Gasteiger charge is 2.31. The molecule has 0 amide bonds. The van der Waals surface area contributed by atoms with Gasteiger partial charge in [0.15, 0.2) is 5.82 Å². The number of nitrogens with zero attached hydrogens (tertiary/aromatic N) is 5. The lowest BCUT2D eigenvalue weighted by molar-refractivity contribution is -0.00767. The topological polar surface area (TPSA) is 118 Å². The van der Waals surface area contributed by atoms with E-state index in [0.29, 0.717) is 18.9 Å². The molecule has 1 aromatic carbocycles. The Morgan fingerprint density at radius 2 is 1.69 bits per heavy atom. The summed E-state index contributed by atoms with van der Waals surface area (Å²) in [7, 11) is -4.76. The number of aromatic nitrogens is 1. The minimum Gasteiger partial charge on any atom is -0.478 e. The quantitative estimate of drug-likeness (QED) is 0.624. The number of carbonyl (C=O) groups is 1. The van der Waals surface area contributed by atoms with Crippen LogP contribution in [-0.2, 0) is 10.3 Å². The zero-order chi connectivity index (χ0) is 22.9. The Labute approximate surface area is 187 Å². The Morgan fingerprint density at radius 3 is 2.28 bits per heavy atom. The predicted octanol–water partition coefficient (Wildman–Crippen LogP) is 2.16. The molecule has 1 aromatic heterocycles. The SMILES string of the molecule is Cc1cccc(N(c2cc(C(=O)O)cnc2N2CCN(N3CCCC3)CC2)S(=O)(=O)O)c1. The second-order valence-electron chi connectivity index (χ2n) is 8.05. The van der Waals surface area contributed by atoms with Crippen LogP contribution in [0.2, 0.25) is 0 Å². The van der Waals surface area contributed by atoms with Gasteiger partial charge in [-0.1, -0.05) is 12.1 Å². The summed E-state index contributed by atoms with van der Waals surface area (Å²) in [6.45, 7) is 6.57. The Morgan fingerprint density at radius 1 is 1.03 bits per heavy atom. The van der Waals surface area contributed by atoms with Gasteiger partial charge >= 0.3 is 16.3 Å². The standard InChI is InChI=1S/C21H27N5O5S/c1-16-5-4-6-18(13-16)26(32(29,30)31)19-14-17(21(27)28)15-22-20(19)23-9-11-25(12-10-23)24-7-2-3-8-24/h4-6,13-15H,2-3,7-12H2,1H3,(H,27,28)(H,29,30,31). The van der Waals surface area contributed by atoms with Crippen LogP contribution in [0.3, 0.4) is 0 Å². The molecule has 2 aliphatic rings. The molecule has 4 rings (SSSR count). The molecule has 0 radical (unpaired) electrons. The maximum absolute atomic E-state index is 12.5. The number of hydrazine groups is 1. The molecule has 2 saturated heterocycles. The van der Waals surface area contributed by atoms with E-state index in [9.17, 15) is 22.9 Å². The monoisotopic (exact) mass is 461 g/mol. The average molecular weight is 462 g/mol. The van der Waals surface area contributed by atoms with Crippen LogP contribution in [-0.4, -0.2) is 78.3 Å². The first-order valence-electron chi connectivity index (χ1n) is 10.6. The Kier molecular flexibility index (Phi) is 6.33. The number of hydrogen-bond acceptors (Lipinski definition) is 7. The number of rotatable bonds is 6. The summed E-state index contributed by atoms with van der Waals surface area (Å²) in [6, 6.07) is 7.87. The van der Waals surface area contributed by atoms with E-state index < -0.39 is 16.3 Å². The second kappa shape index (κ2) is 9.02. The molecule has 10 nitrogen and oxygen atoms in total. The van der Waals surface area contributed by atoms with Crippen molar-refractivity contribution in [2.75, 3.05) is 48.5 Å². The van der Waals surface area contributed by atoms with Crippen LogP contribution in [0, 0.1) is 6.92 Å². The first-order valence-corrected chi connectivity index (χ1v) is 12.0. The van der Waals surface area contributed by atoms with Gasteiger partial charge in [0.25, 0.3) is 0 Å². The molecule has 0 spiro atoms. The molecular formula is C21H27N5O5S. The number of carboxylic acids is 1. The summed E-state index contributed by atoms with van der Waals surface area (Å²) in [5.74, 6) is -0.918. The third-order valence-electron chi connectivity index (χ3n) is 5.82. The second-order valence-corrected chi connectivity index (χ2v) is 9.32. The Balaban J connectivity index is 1.73. The number of hydrogen-bond donors (Lipinski definition) is 2. The van der Waals surface area contributed by atoms with Gasteiger partial charge in [0, 0.05) is 45.5 Å². The van der Waals surface area contributed by atoms with E-state index in [1.807, 2.05) is 4.90 Å². The first kappa shape index (κ1) is 22.5. The molecule has 0 bridgehead atoms. The van der Waals surface area contributed by atoms with E-state index in [1.54, 1.807) is 31.2 Å². The summed E-state index contributed by atoms with van der Waals surface area (Å²) in [5, 5.41) is 14.1. The Bertz CT molecular complexity index is 1100. The van der Waals surface area contributed by atoms with Crippen LogP contribution in [0.25, 0.3) is 0 Å². The van der Waals surface area contributed by atoms with Crippen molar-refractivity contribution in [1.29, 1.82) is 0 Å². The fraction of sp³-hybridized carbons (Fsp3) is 0.429. The number of aromatic carboxylic acids is 1. The molecule has 2 aromatic rings. The van der Waals surface area contributed by atoms with Gasteiger partial charge in [-0.15, -0.1) is 0 Å². The maximum atomic E-state index is 12.5. The van der Waals surface area contributed by atoms with Crippen LogP contribution in [0.5, 0.6) is 0 Å². The normalized spacial score (nSPS) is 18.1. The van der Waals surface area contributed by atoms with Gasteiger partial charge in [0.05, 0.1) is 11.3 Å². The summed E-state index contributed by atoms with van der Waals surface area (Å²) in [4.78, 5) is 17.9. The third kappa shape index (κ3) is 4.70. The number of carboxylic acid groups (broad SMARTS) is 1. The molecular weight excluding hydrogens is 434 g/mol. The van der Waals surface area contributed by atoms with Crippen molar-refractivity contribution in [2.24, 2.45) is 0 Å². The van der Waals surface area contributed by atoms with Crippen molar-refractivity contribution in [2.45, 2.75) is 19.8 Å². The predicted molar refractivity (Wildman–Crippen MR) is 121 cm³/mol. The summed E-state index contributed by atoms with van der Waals surface area (Å²) in [6.07, 6.45) is 3.58. The third-order valence-corrected chi connectivity index (χ3v) is 6.69. The van der Waals surface area contributed by atoms with Crippen LogP contribution in [0.1, 0.15) is 28.8 Å². The van der Waals surface area contributed by atoms with Gasteiger partial charge in [0.1, 0.15) is 5.69 Å². The highest BCUT2D eigenvalue weighted by molar-refractivity contribution is 7.87.